The topological polar surface area (TPSA) is 0 Å². The van der Waals surface area contributed by atoms with Gasteiger partial charge in [-0.25, -0.2) is 0 Å². The Kier molecular flexibility index (Phi) is 2.68. The van der Waals surface area contributed by atoms with Crippen LogP contribution >= 0.6 is 0 Å². The van der Waals surface area contributed by atoms with Gasteiger partial charge in [0.05, 0.1) is 0 Å². The molecule has 3 bridgehead atoms. The van der Waals surface area contributed by atoms with Gasteiger partial charge in [-0.2, -0.15) is 0 Å². The molecular weight excluding hydrogens is 300 g/mol. The van der Waals surface area contributed by atoms with E-state index in [4.69, 9.17) is 0 Å². The van der Waals surface area contributed by atoms with Crippen molar-refractivity contribution in [2.24, 2.45) is 29.1 Å². The van der Waals surface area contributed by atoms with Crippen molar-refractivity contribution in [2.75, 3.05) is 0 Å². The molecule has 0 N–H and O–H groups in total. The van der Waals surface area contributed by atoms with Crippen LogP contribution in [-0.2, 0) is 5.41 Å². The minimum Gasteiger partial charge on any atom is -0.0590 e. The molecule has 2 aromatic carbocycles. The summed E-state index contributed by atoms with van der Waals surface area (Å²) in [6.07, 6.45) is 7.51. The number of benzene rings is 2. The van der Waals surface area contributed by atoms with E-state index < -0.39 is 0 Å². The monoisotopic (exact) mass is 328 g/mol. The van der Waals surface area contributed by atoms with E-state index in [0.29, 0.717) is 0 Å². The van der Waals surface area contributed by atoms with Crippen LogP contribution < -0.4 is 0 Å². The Hall–Kier alpha value is -1.56. The first kappa shape index (κ1) is 14.6. The van der Waals surface area contributed by atoms with Crippen LogP contribution in [0.5, 0.6) is 0 Å². The molecule has 0 radical (unpaired) electrons. The van der Waals surface area contributed by atoms with Gasteiger partial charge in [-0.3, -0.25) is 0 Å². The Labute approximate surface area is 151 Å². The summed E-state index contributed by atoms with van der Waals surface area (Å²) in [5.74, 6) is 3.80. The van der Waals surface area contributed by atoms with Crippen LogP contribution in [0.3, 0.4) is 0 Å². The molecule has 0 amide bonds. The highest BCUT2D eigenvalue weighted by atomic mass is 14.8. The van der Waals surface area contributed by atoms with Gasteiger partial charge in [0, 0.05) is 5.41 Å². The summed E-state index contributed by atoms with van der Waals surface area (Å²) in [4.78, 5) is 0. The maximum Gasteiger partial charge on any atom is 0.0259 e. The Morgan fingerprint density at radius 3 is 1.44 bits per heavy atom. The molecule has 0 nitrogen and oxygen atoms in total. The largest absolute Gasteiger partial charge is 0.0590 e. The van der Waals surface area contributed by atoms with Crippen molar-refractivity contribution in [3.05, 3.63) is 70.8 Å². The highest BCUT2D eigenvalue weighted by molar-refractivity contribution is 5.47. The molecule has 4 saturated carbocycles. The average molecular weight is 328 g/mol. The van der Waals surface area contributed by atoms with Crippen LogP contribution in [0.4, 0.5) is 0 Å². The van der Waals surface area contributed by atoms with Gasteiger partial charge < -0.3 is 0 Å². The molecule has 6 rings (SSSR count). The first-order chi connectivity index (χ1) is 12.1. The standard InChI is InChI=1S/C25H28/c1-16-3-7-18(8-4-16)25(19-9-5-17(2)6-10-19)22-12-20-11-21-13-23(25)15-24(20,21)14-22/h3-10,20-23H,11-15H2,1-2H3. The predicted molar refractivity (Wildman–Crippen MR) is 103 cm³/mol. The van der Waals surface area contributed by atoms with Gasteiger partial charge in [0.15, 0.2) is 0 Å². The Balaban J connectivity index is 1.59. The summed E-state index contributed by atoms with van der Waals surface area (Å²) in [7, 11) is 0. The van der Waals surface area contributed by atoms with E-state index >= 15 is 0 Å². The third kappa shape index (κ3) is 1.60. The summed E-state index contributed by atoms with van der Waals surface area (Å²) in [5.41, 5.74) is 7.02. The first-order valence-electron chi connectivity index (χ1n) is 10.3. The van der Waals surface area contributed by atoms with Gasteiger partial charge in [-0.05, 0) is 86.2 Å². The van der Waals surface area contributed by atoms with Crippen molar-refractivity contribution in [1.29, 1.82) is 0 Å². The number of hydrogen-bond donors (Lipinski definition) is 0. The molecule has 4 atom stereocenters. The van der Waals surface area contributed by atoms with E-state index in [1.54, 1.807) is 17.5 Å². The third-order valence-electron chi connectivity index (χ3n) is 8.93. The second kappa shape index (κ2) is 4.58. The second-order valence-electron chi connectivity index (χ2n) is 9.74. The number of hydrogen-bond acceptors (Lipinski definition) is 0. The molecule has 128 valence electrons. The van der Waals surface area contributed by atoms with E-state index in [1.807, 2.05) is 0 Å². The molecular formula is C25H28. The summed E-state index contributed by atoms with van der Waals surface area (Å²) < 4.78 is 0. The molecule has 0 aromatic heterocycles. The SMILES string of the molecule is Cc1ccc(C2(c3ccc(C)cc3)C3CC4CC5CC2CC45C3)cc1. The summed E-state index contributed by atoms with van der Waals surface area (Å²) >= 11 is 0. The average Bonchev–Trinajstić information content (AvgIpc) is 3.00. The van der Waals surface area contributed by atoms with Gasteiger partial charge in [-0.1, -0.05) is 59.7 Å². The van der Waals surface area contributed by atoms with Gasteiger partial charge in [0.25, 0.3) is 0 Å². The normalized spacial score (nSPS) is 39.3. The minimum absolute atomic E-state index is 0.273. The highest BCUT2D eigenvalue weighted by Gasteiger charge is 2.73. The van der Waals surface area contributed by atoms with Crippen LogP contribution in [-0.4, -0.2) is 0 Å². The van der Waals surface area contributed by atoms with Crippen molar-refractivity contribution in [1.82, 2.24) is 0 Å². The lowest BCUT2D eigenvalue weighted by Gasteiger charge is -2.51. The number of aryl methyl sites for hydroxylation is 2. The van der Waals surface area contributed by atoms with Crippen molar-refractivity contribution in [3.63, 3.8) is 0 Å². The molecule has 2 aromatic rings. The summed E-state index contributed by atoms with van der Waals surface area (Å²) in [6, 6.07) is 19.2. The zero-order chi connectivity index (χ0) is 16.8. The maximum absolute atomic E-state index is 2.46. The fourth-order valence-corrected chi connectivity index (χ4v) is 7.96. The first-order valence-corrected chi connectivity index (χ1v) is 10.3. The van der Waals surface area contributed by atoms with Crippen LogP contribution in [0, 0.1) is 42.9 Å². The lowest BCUT2D eigenvalue weighted by molar-refractivity contribution is -0.00200. The fraction of sp³-hybridized carbons (Fsp3) is 0.520. The van der Waals surface area contributed by atoms with Gasteiger partial charge >= 0.3 is 0 Å². The van der Waals surface area contributed by atoms with Gasteiger partial charge in [0.2, 0.25) is 0 Å². The Bertz CT molecular complexity index is 754. The number of rotatable bonds is 2. The van der Waals surface area contributed by atoms with E-state index in [0.717, 1.165) is 29.1 Å². The summed E-state index contributed by atoms with van der Waals surface area (Å²) in [6.45, 7) is 4.43. The lowest BCUT2D eigenvalue weighted by atomic mass is 9.53. The van der Waals surface area contributed by atoms with E-state index in [1.165, 1.54) is 36.8 Å². The van der Waals surface area contributed by atoms with E-state index in [9.17, 15) is 0 Å². The molecule has 4 aliphatic carbocycles. The van der Waals surface area contributed by atoms with E-state index in [2.05, 4.69) is 62.4 Å². The van der Waals surface area contributed by atoms with Crippen LogP contribution in [0.1, 0.15) is 54.4 Å². The smallest absolute Gasteiger partial charge is 0.0259 e. The fourth-order valence-electron chi connectivity index (χ4n) is 7.96. The molecule has 1 spiro atoms. The summed E-state index contributed by atoms with van der Waals surface area (Å²) in [5, 5.41) is 0. The van der Waals surface area contributed by atoms with Crippen LogP contribution in [0.2, 0.25) is 0 Å². The Morgan fingerprint density at radius 2 is 1.00 bits per heavy atom. The molecule has 25 heavy (non-hydrogen) atoms. The second-order valence-corrected chi connectivity index (χ2v) is 9.74. The van der Waals surface area contributed by atoms with Crippen molar-refractivity contribution >= 4 is 0 Å². The molecule has 0 heteroatoms. The quantitative estimate of drug-likeness (QED) is 0.630. The molecule has 0 aliphatic heterocycles. The predicted octanol–water partition coefficient (Wildman–Crippen LogP) is 6.05. The molecule has 4 aliphatic rings. The number of fused-ring (bicyclic) bond motifs is 2. The third-order valence-corrected chi connectivity index (χ3v) is 8.93. The maximum atomic E-state index is 2.46. The lowest BCUT2D eigenvalue weighted by Crippen LogP contribution is -2.45. The molecule has 4 fully saturated rings. The van der Waals surface area contributed by atoms with Crippen LogP contribution in [0.25, 0.3) is 0 Å². The van der Waals surface area contributed by atoms with Gasteiger partial charge in [-0.15, -0.1) is 0 Å². The van der Waals surface area contributed by atoms with Crippen molar-refractivity contribution < 1.29 is 0 Å². The molecule has 0 saturated heterocycles. The Morgan fingerprint density at radius 1 is 0.600 bits per heavy atom. The highest BCUT2D eigenvalue weighted by Crippen LogP contribution is 2.80. The van der Waals surface area contributed by atoms with E-state index in [-0.39, 0.29) is 5.41 Å². The van der Waals surface area contributed by atoms with Crippen molar-refractivity contribution in [3.8, 4) is 0 Å². The van der Waals surface area contributed by atoms with Gasteiger partial charge in [0.1, 0.15) is 0 Å². The zero-order valence-corrected chi connectivity index (χ0v) is 15.5. The zero-order valence-electron chi connectivity index (χ0n) is 15.5. The molecule has 0 heterocycles. The van der Waals surface area contributed by atoms with Crippen LogP contribution in [0.15, 0.2) is 48.5 Å². The minimum atomic E-state index is 0.273. The molecule has 4 unspecified atom stereocenters. The van der Waals surface area contributed by atoms with Crippen molar-refractivity contribution in [2.45, 2.75) is 51.4 Å².